The second-order valence-corrected chi connectivity index (χ2v) is 4.57. The van der Waals surface area contributed by atoms with Crippen molar-refractivity contribution in [3.63, 3.8) is 0 Å². The summed E-state index contributed by atoms with van der Waals surface area (Å²) < 4.78 is 11.3. The molecular formula is C13H23NO2. The molecule has 16 heavy (non-hydrogen) atoms. The van der Waals surface area contributed by atoms with E-state index in [1.807, 2.05) is 0 Å². The first-order valence-corrected chi connectivity index (χ1v) is 6.58. The van der Waals surface area contributed by atoms with Gasteiger partial charge in [0.1, 0.15) is 5.76 Å². The van der Waals surface area contributed by atoms with Crippen molar-refractivity contribution >= 4 is 0 Å². The fraction of sp³-hybridized carbons (Fsp3) is 0.846. The van der Waals surface area contributed by atoms with Gasteiger partial charge in [-0.1, -0.05) is 6.92 Å². The van der Waals surface area contributed by atoms with E-state index in [0.717, 1.165) is 44.8 Å². The highest BCUT2D eigenvalue weighted by Gasteiger charge is 2.21. The van der Waals surface area contributed by atoms with E-state index < -0.39 is 0 Å². The molecule has 2 aliphatic rings. The van der Waals surface area contributed by atoms with Gasteiger partial charge in [-0.05, 0) is 38.3 Å². The van der Waals surface area contributed by atoms with Gasteiger partial charge in [-0.2, -0.15) is 0 Å². The van der Waals surface area contributed by atoms with Crippen molar-refractivity contribution < 1.29 is 9.47 Å². The van der Waals surface area contributed by atoms with Crippen LogP contribution in [0.5, 0.6) is 0 Å². The van der Waals surface area contributed by atoms with Gasteiger partial charge in [0, 0.05) is 13.0 Å². The summed E-state index contributed by atoms with van der Waals surface area (Å²) in [7, 11) is 0. The minimum Gasteiger partial charge on any atom is -0.496 e. The molecular weight excluding hydrogens is 202 g/mol. The predicted octanol–water partition coefficient (Wildman–Crippen LogP) is 2.23. The molecule has 3 nitrogen and oxygen atoms in total. The van der Waals surface area contributed by atoms with Crippen molar-refractivity contribution in [2.45, 2.75) is 51.2 Å². The maximum Gasteiger partial charge on any atom is 0.109 e. The lowest BCUT2D eigenvalue weighted by atomic mass is 10.0. The van der Waals surface area contributed by atoms with Crippen LogP contribution >= 0.6 is 0 Å². The molecule has 0 saturated carbocycles. The van der Waals surface area contributed by atoms with Gasteiger partial charge in [-0.3, -0.25) is 0 Å². The maximum absolute atomic E-state index is 5.66. The van der Waals surface area contributed by atoms with Crippen molar-refractivity contribution in [1.82, 2.24) is 5.32 Å². The molecule has 0 aromatic carbocycles. The van der Waals surface area contributed by atoms with Crippen molar-refractivity contribution in [2.24, 2.45) is 0 Å². The van der Waals surface area contributed by atoms with E-state index in [2.05, 4.69) is 18.3 Å². The molecule has 92 valence electrons. The Kier molecular flexibility index (Phi) is 4.67. The van der Waals surface area contributed by atoms with E-state index in [1.165, 1.54) is 12.8 Å². The Morgan fingerprint density at radius 2 is 2.44 bits per heavy atom. The van der Waals surface area contributed by atoms with E-state index in [0.29, 0.717) is 12.1 Å². The number of hydrogen-bond acceptors (Lipinski definition) is 3. The Morgan fingerprint density at radius 3 is 3.06 bits per heavy atom. The fourth-order valence-electron chi connectivity index (χ4n) is 2.50. The van der Waals surface area contributed by atoms with Gasteiger partial charge in [0.2, 0.25) is 0 Å². The van der Waals surface area contributed by atoms with Gasteiger partial charge in [0.05, 0.1) is 18.8 Å². The monoisotopic (exact) mass is 225 g/mol. The largest absolute Gasteiger partial charge is 0.496 e. The number of rotatable bonds is 6. The number of ether oxygens (including phenoxy) is 2. The van der Waals surface area contributed by atoms with E-state index in [9.17, 15) is 0 Å². The first-order chi connectivity index (χ1) is 7.90. The molecule has 0 amide bonds. The summed E-state index contributed by atoms with van der Waals surface area (Å²) in [6.45, 7) is 4.96. The Balaban J connectivity index is 1.77. The second kappa shape index (κ2) is 6.26. The van der Waals surface area contributed by atoms with Crippen molar-refractivity contribution in [1.29, 1.82) is 0 Å². The standard InChI is InChI=1S/C13H23NO2/c1-2-14-12(13-6-4-10-16-13)8-7-11-5-3-9-15-11/h6,11-12,14H,2-5,7-10H2,1H3. The van der Waals surface area contributed by atoms with Crippen LogP contribution in [0.1, 0.15) is 39.0 Å². The number of nitrogens with one attached hydrogen (secondary N) is 1. The quantitative estimate of drug-likeness (QED) is 0.752. The molecule has 0 aromatic heterocycles. The molecule has 2 unspecified atom stereocenters. The molecule has 3 heteroatoms. The van der Waals surface area contributed by atoms with Crippen molar-refractivity contribution in [3.8, 4) is 0 Å². The van der Waals surface area contributed by atoms with E-state index >= 15 is 0 Å². The molecule has 2 rings (SSSR count). The molecule has 1 saturated heterocycles. The highest BCUT2D eigenvalue weighted by molar-refractivity contribution is 5.07. The lowest BCUT2D eigenvalue weighted by molar-refractivity contribution is 0.0980. The minimum absolute atomic E-state index is 0.400. The molecule has 0 aromatic rings. The number of likely N-dealkylation sites (N-methyl/N-ethyl adjacent to an activating group) is 1. The van der Waals surface area contributed by atoms with Crippen LogP contribution in [0.4, 0.5) is 0 Å². The molecule has 0 bridgehead atoms. The zero-order valence-electron chi connectivity index (χ0n) is 10.2. The van der Waals surface area contributed by atoms with Crippen LogP contribution < -0.4 is 5.32 Å². The molecule has 0 aliphatic carbocycles. The van der Waals surface area contributed by atoms with Crippen LogP contribution in [0.2, 0.25) is 0 Å². The van der Waals surface area contributed by atoms with Crippen LogP contribution in [-0.2, 0) is 9.47 Å². The molecule has 2 aliphatic heterocycles. The van der Waals surface area contributed by atoms with Gasteiger partial charge < -0.3 is 14.8 Å². The molecule has 2 heterocycles. The topological polar surface area (TPSA) is 30.5 Å². The highest BCUT2D eigenvalue weighted by atomic mass is 16.5. The van der Waals surface area contributed by atoms with Gasteiger partial charge in [-0.25, -0.2) is 0 Å². The van der Waals surface area contributed by atoms with Gasteiger partial charge in [0.25, 0.3) is 0 Å². The molecule has 1 N–H and O–H groups in total. The molecule has 0 spiro atoms. The van der Waals surface area contributed by atoms with Gasteiger partial charge in [0.15, 0.2) is 0 Å². The SMILES string of the molecule is CCNC(CCC1CCCO1)C1=CCCO1. The average Bonchev–Trinajstić information content (AvgIpc) is 2.96. The van der Waals surface area contributed by atoms with E-state index in [1.54, 1.807) is 0 Å². The normalized spacial score (nSPS) is 26.6. The lowest BCUT2D eigenvalue weighted by Crippen LogP contribution is -2.32. The third-order valence-electron chi connectivity index (χ3n) is 3.33. The smallest absolute Gasteiger partial charge is 0.109 e. The van der Waals surface area contributed by atoms with Crippen LogP contribution in [0.25, 0.3) is 0 Å². The minimum atomic E-state index is 0.400. The summed E-state index contributed by atoms with van der Waals surface area (Å²) in [5, 5.41) is 3.50. The van der Waals surface area contributed by atoms with Crippen LogP contribution in [0.15, 0.2) is 11.8 Å². The predicted molar refractivity (Wildman–Crippen MR) is 64.3 cm³/mol. The number of hydrogen-bond donors (Lipinski definition) is 1. The van der Waals surface area contributed by atoms with Gasteiger partial charge in [-0.15, -0.1) is 0 Å². The molecule has 0 radical (unpaired) electrons. The molecule has 2 atom stereocenters. The highest BCUT2D eigenvalue weighted by Crippen LogP contribution is 2.22. The van der Waals surface area contributed by atoms with Crippen LogP contribution in [-0.4, -0.2) is 31.9 Å². The Bertz CT molecular complexity index is 234. The molecule has 1 fully saturated rings. The summed E-state index contributed by atoms with van der Waals surface area (Å²) in [5.74, 6) is 1.15. The second-order valence-electron chi connectivity index (χ2n) is 4.57. The summed E-state index contributed by atoms with van der Waals surface area (Å²) in [4.78, 5) is 0. The first-order valence-electron chi connectivity index (χ1n) is 6.58. The van der Waals surface area contributed by atoms with Crippen LogP contribution in [0, 0.1) is 0 Å². The Hall–Kier alpha value is -0.540. The third-order valence-corrected chi connectivity index (χ3v) is 3.33. The Morgan fingerprint density at radius 1 is 1.50 bits per heavy atom. The van der Waals surface area contributed by atoms with Crippen molar-refractivity contribution in [2.75, 3.05) is 19.8 Å². The van der Waals surface area contributed by atoms with Crippen LogP contribution in [0.3, 0.4) is 0 Å². The Labute approximate surface area is 98.2 Å². The fourth-order valence-corrected chi connectivity index (χ4v) is 2.50. The first kappa shape index (κ1) is 11.9. The van der Waals surface area contributed by atoms with E-state index in [-0.39, 0.29) is 0 Å². The lowest BCUT2D eigenvalue weighted by Gasteiger charge is -2.20. The van der Waals surface area contributed by atoms with Gasteiger partial charge >= 0.3 is 0 Å². The maximum atomic E-state index is 5.66. The zero-order valence-corrected chi connectivity index (χ0v) is 10.2. The summed E-state index contributed by atoms with van der Waals surface area (Å²) in [6.07, 6.45) is 8.53. The third kappa shape index (κ3) is 3.22. The summed E-state index contributed by atoms with van der Waals surface area (Å²) in [5.41, 5.74) is 0. The zero-order chi connectivity index (χ0) is 11.2. The average molecular weight is 225 g/mol. The summed E-state index contributed by atoms with van der Waals surface area (Å²) in [6, 6.07) is 0.400. The summed E-state index contributed by atoms with van der Waals surface area (Å²) >= 11 is 0. The van der Waals surface area contributed by atoms with Crippen molar-refractivity contribution in [3.05, 3.63) is 11.8 Å². The van der Waals surface area contributed by atoms with E-state index in [4.69, 9.17) is 9.47 Å².